The fraction of sp³-hybridized carbons (Fsp3) is 0.250. The molecule has 2 N–H and O–H groups in total. The maximum absolute atomic E-state index is 11.3. The lowest BCUT2D eigenvalue weighted by atomic mass is 10.1. The highest BCUT2D eigenvalue weighted by Crippen LogP contribution is 2.11. The van der Waals surface area contributed by atoms with E-state index in [2.05, 4.69) is 46.8 Å². The average Bonchev–Trinajstić information content (AvgIpc) is 2.48. The van der Waals surface area contributed by atoms with Crippen molar-refractivity contribution in [2.45, 2.75) is 20.4 Å². The van der Waals surface area contributed by atoms with Crippen LogP contribution in [0.3, 0.4) is 0 Å². The van der Waals surface area contributed by atoms with Crippen molar-refractivity contribution in [3.8, 4) is 0 Å². The molecule has 0 radical (unpaired) electrons. The lowest BCUT2D eigenvalue weighted by molar-refractivity contribution is 0.168. The number of nitrogens with zero attached hydrogens (tertiary/aromatic N) is 1. The number of hydrogen-bond donors (Lipinski definition) is 2. The van der Waals surface area contributed by atoms with Gasteiger partial charge in [0.2, 0.25) is 0 Å². The van der Waals surface area contributed by atoms with Crippen LogP contribution in [0.5, 0.6) is 0 Å². The maximum Gasteiger partial charge on any atom is 0.411 e. The van der Waals surface area contributed by atoms with Crippen LogP contribution in [0.25, 0.3) is 0 Å². The molecule has 0 aliphatic rings. The average molecular weight is 285 g/mol. The Hall–Kier alpha value is -2.56. The summed E-state index contributed by atoms with van der Waals surface area (Å²) in [5.41, 5.74) is 3.04. The van der Waals surface area contributed by atoms with E-state index in [4.69, 9.17) is 4.74 Å². The number of aromatic nitrogens is 1. The van der Waals surface area contributed by atoms with Crippen molar-refractivity contribution in [1.82, 2.24) is 4.98 Å². The van der Waals surface area contributed by atoms with E-state index in [0.29, 0.717) is 18.8 Å². The first-order chi connectivity index (χ1) is 10.2. The molecule has 5 nitrogen and oxygen atoms in total. The minimum absolute atomic E-state index is 0.343. The van der Waals surface area contributed by atoms with Crippen LogP contribution in [-0.4, -0.2) is 17.7 Å². The fourth-order valence-corrected chi connectivity index (χ4v) is 1.76. The summed E-state index contributed by atoms with van der Waals surface area (Å²) in [5.74, 6) is 0.755. The van der Waals surface area contributed by atoms with Gasteiger partial charge in [-0.2, -0.15) is 0 Å². The van der Waals surface area contributed by atoms with Gasteiger partial charge in [-0.05, 0) is 31.5 Å². The Morgan fingerprint density at radius 1 is 1.19 bits per heavy atom. The summed E-state index contributed by atoms with van der Waals surface area (Å²) in [5, 5.41) is 5.83. The molecule has 0 spiro atoms. The minimum atomic E-state index is -0.473. The molecule has 1 aromatic heterocycles. The van der Waals surface area contributed by atoms with Gasteiger partial charge in [0.1, 0.15) is 5.82 Å². The zero-order valence-corrected chi connectivity index (χ0v) is 12.2. The molecule has 0 unspecified atom stereocenters. The van der Waals surface area contributed by atoms with Crippen LogP contribution in [0.4, 0.5) is 16.3 Å². The zero-order valence-electron chi connectivity index (χ0n) is 12.2. The first kappa shape index (κ1) is 14.8. The van der Waals surface area contributed by atoms with Gasteiger partial charge in [-0.25, -0.2) is 9.78 Å². The number of ether oxygens (including phenoxy) is 1. The number of rotatable bonds is 5. The first-order valence-corrected chi connectivity index (χ1v) is 6.86. The van der Waals surface area contributed by atoms with Crippen molar-refractivity contribution < 1.29 is 9.53 Å². The van der Waals surface area contributed by atoms with Crippen molar-refractivity contribution in [3.63, 3.8) is 0 Å². The Bertz CT molecular complexity index is 579. The lowest BCUT2D eigenvalue weighted by Gasteiger charge is -2.08. The molecule has 0 atom stereocenters. The van der Waals surface area contributed by atoms with Crippen molar-refractivity contribution in [1.29, 1.82) is 0 Å². The topological polar surface area (TPSA) is 63.2 Å². The van der Waals surface area contributed by atoms with Gasteiger partial charge in [0, 0.05) is 6.54 Å². The third kappa shape index (κ3) is 4.80. The number of carbonyl (C=O) groups excluding carboxylic acids is 1. The highest BCUT2D eigenvalue weighted by Gasteiger charge is 2.02. The molecular weight excluding hydrogens is 266 g/mol. The Labute approximate surface area is 124 Å². The molecule has 0 aliphatic heterocycles. The largest absolute Gasteiger partial charge is 0.450 e. The quantitative estimate of drug-likeness (QED) is 0.881. The van der Waals surface area contributed by atoms with Crippen molar-refractivity contribution in [2.75, 3.05) is 17.2 Å². The van der Waals surface area contributed by atoms with Gasteiger partial charge >= 0.3 is 6.09 Å². The summed E-state index contributed by atoms with van der Waals surface area (Å²) in [6.07, 6.45) is 1.12. The monoisotopic (exact) mass is 285 g/mol. The molecule has 1 aromatic carbocycles. The molecule has 0 saturated carbocycles. The van der Waals surface area contributed by atoms with Crippen LogP contribution in [-0.2, 0) is 11.3 Å². The van der Waals surface area contributed by atoms with E-state index in [-0.39, 0.29) is 0 Å². The molecule has 2 aromatic rings. The van der Waals surface area contributed by atoms with Gasteiger partial charge in [0.05, 0.1) is 18.5 Å². The number of anilines is 2. The van der Waals surface area contributed by atoms with E-state index < -0.39 is 6.09 Å². The van der Waals surface area contributed by atoms with Gasteiger partial charge in [0.15, 0.2) is 0 Å². The molecular formula is C16H19N3O2. The van der Waals surface area contributed by atoms with Crippen molar-refractivity contribution in [2.24, 2.45) is 0 Å². The van der Waals surface area contributed by atoms with Crippen LogP contribution in [0.2, 0.25) is 0 Å². The predicted octanol–water partition coefficient (Wildman–Crippen LogP) is 3.57. The third-order valence-electron chi connectivity index (χ3n) is 2.88. The van der Waals surface area contributed by atoms with E-state index in [0.717, 1.165) is 5.82 Å². The maximum atomic E-state index is 11.3. The molecule has 1 heterocycles. The SMILES string of the molecule is CCOC(=O)Nc1ccc(NCc2ccc(C)cc2)nc1. The van der Waals surface area contributed by atoms with Crippen LogP contribution >= 0.6 is 0 Å². The van der Waals surface area contributed by atoms with Crippen LogP contribution < -0.4 is 10.6 Å². The number of aryl methyl sites for hydroxylation is 1. The predicted molar refractivity (Wildman–Crippen MR) is 83.4 cm³/mol. The highest BCUT2D eigenvalue weighted by molar-refractivity contribution is 5.84. The van der Waals surface area contributed by atoms with Crippen LogP contribution in [0.1, 0.15) is 18.1 Å². The normalized spacial score (nSPS) is 10.0. The van der Waals surface area contributed by atoms with Crippen LogP contribution in [0, 0.1) is 6.92 Å². The zero-order chi connectivity index (χ0) is 15.1. The summed E-state index contributed by atoms with van der Waals surface area (Å²) >= 11 is 0. The second-order valence-electron chi connectivity index (χ2n) is 4.62. The molecule has 0 aliphatic carbocycles. The fourth-order valence-electron chi connectivity index (χ4n) is 1.76. The van der Waals surface area contributed by atoms with Gasteiger partial charge < -0.3 is 10.1 Å². The third-order valence-corrected chi connectivity index (χ3v) is 2.88. The van der Waals surface area contributed by atoms with Gasteiger partial charge in [0.25, 0.3) is 0 Å². The summed E-state index contributed by atoms with van der Waals surface area (Å²) in [6.45, 7) is 4.87. The smallest absolute Gasteiger partial charge is 0.411 e. The molecule has 5 heteroatoms. The van der Waals surface area contributed by atoms with E-state index >= 15 is 0 Å². The molecule has 21 heavy (non-hydrogen) atoms. The number of benzene rings is 1. The van der Waals surface area contributed by atoms with Crippen LogP contribution in [0.15, 0.2) is 42.6 Å². The second-order valence-corrected chi connectivity index (χ2v) is 4.62. The second kappa shape index (κ2) is 7.28. The summed E-state index contributed by atoms with van der Waals surface area (Å²) in [7, 11) is 0. The van der Waals surface area contributed by atoms with Gasteiger partial charge in [-0.15, -0.1) is 0 Å². The minimum Gasteiger partial charge on any atom is -0.450 e. The van der Waals surface area contributed by atoms with E-state index in [1.54, 1.807) is 19.2 Å². The van der Waals surface area contributed by atoms with Crippen molar-refractivity contribution in [3.05, 3.63) is 53.7 Å². The summed E-state index contributed by atoms with van der Waals surface area (Å²) in [4.78, 5) is 15.5. The number of nitrogens with one attached hydrogen (secondary N) is 2. The first-order valence-electron chi connectivity index (χ1n) is 6.86. The summed E-state index contributed by atoms with van der Waals surface area (Å²) in [6, 6.07) is 11.9. The van der Waals surface area contributed by atoms with E-state index in [9.17, 15) is 4.79 Å². The van der Waals surface area contributed by atoms with E-state index in [1.807, 2.05) is 6.07 Å². The van der Waals surface area contributed by atoms with Gasteiger partial charge in [-0.1, -0.05) is 29.8 Å². The lowest BCUT2D eigenvalue weighted by Crippen LogP contribution is -2.13. The number of hydrogen-bond acceptors (Lipinski definition) is 4. The molecule has 110 valence electrons. The highest BCUT2D eigenvalue weighted by atomic mass is 16.5. The molecule has 0 bridgehead atoms. The Morgan fingerprint density at radius 2 is 1.95 bits per heavy atom. The Morgan fingerprint density at radius 3 is 2.57 bits per heavy atom. The standard InChI is InChI=1S/C16H19N3O2/c1-3-21-16(20)19-14-8-9-15(18-11-14)17-10-13-6-4-12(2)5-7-13/h4-9,11H,3,10H2,1-2H3,(H,17,18)(H,19,20). The molecule has 0 fully saturated rings. The summed E-state index contributed by atoms with van der Waals surface area (Å²) < 4.78 is 4.80. The molecule has 2 rings (SSSR count). The number of carbonyl (C=O) groups is 1. The molecule has 0 saturated heterocycles. The van der Waals surface area contributed by atoms with Gasteiger partial charge in [-0.3, -0.25) is 5.32 Å². The Kier molecular flexibility index (Phi) is 5.15. The van der Waals surface area contributed by atoms with Crippen molar-refractivity contribution >= 4 is 17.6 Å². The molecule has 1 amide bonds. The number of pyridine rings is 1. The Balaban J connectivity index is 1.87. The number of amides is 1. The van der Waals surface area contributed by atoms with E-state index in [1.165, 1.54) is 11.1 Å².